The van der Waals surface area contributed by atoms with Crippen LogP contribution in [0.5, 0.6) is 0 Å². The van der Waals surface area contributed by atoms with E-state index in [1.807, 2.05) is 6.92 Å². The van der Waals surface area contributed by atoms with Crippen molar-refractivity contribution in [3.8, 4) is 0 Å². The molecule has 0 fully saturated rings. The number of nitrogens with one attached hydrogen (secondary N) is 2. The fraction of sp³-hybridized carbons (Fsp3) is 0.889. The van der Waals surface area contributed by atoms with Gasteiger partial charge in [-0.1, -0.05) is 13.8 Å². The quantitative estimate of drug-likeness (QED) is 0.321. The minimum absolute atomic E-state index is 0.0993. The molecule has 0 radical (unpaired) electrons. The maximum absolute atomic E-state index is 11.1. The van der Waals surface area contributed by atoms with Crippen molar-refractivity contribution in [2.24, 2.45) is 5.73 Å². The Hall–Kier alpha value is -0.650. The number of hydrogen-bond acceptors (Lipinski definition) is 4. The lowest BCUT2D eigenvalue weighted by Gasteiger charge is -2.21. The van der Waals surface area contributed by atoms with E-state index in [9.17, 15) is 9.90 Å². The molecule has 0 bridgehead atoms. The minimum atomic E-state index is -1.02. The van der Waals surface area contributed by atoms with Gasteiger partial charge in [-0.15, -0.1) is 0 Å². The van der Waals surface area contributed by atoms with E-state index in [0.29, 0.717) is 13.0 Å². The lowest BCUT2D eigenvalue weighted by Crippen LogP contribution is -2.52. The van der Waals surface area contributed by atoms with Crippen LogP contribution in [-0.2, 0) is 4.79 Å². The summed E-state index contributed by atoms with van der Waals surface area (Å²) in [6.07, 6.45) is 0.390. The number of amides is 1. The van der Waals surface area contributed by atoms with E-state index in [4.69, 9.17) is 5.73 Å². The summed E-state index contributed by atoms with van der Waals surface area (Å²) < 4.78 is 0. The fourth-order valence-corrected chi connectivity index (χ4v) is 1.00. The standard InChI is InChI=1S/C9H21N3O2/c1-3-5-11-6-7(9(10)14)12-8(13)4-2/h7,9,11,14H,3-6,10H2,1-2H3,(H,12,13). The molecular formula is C9H21N3O2. The molecule has 5 N–H and O–H groups in total. The second kappa shape index (κ2) is 7.73. The largest absolute Gasteiger partial charge is 0.377 e. The molecule has 0 aliphatic carbocycles. The summed E-state index contributed by atoms with van der Waals surface area (Å²) in [6.45, 7) is 5.16. The molecule has 0 aromatic carbocycles. The molecule has 0 aliphatic rings. The SMILES string of the molecule is CCCNCC(NC(=O)CC)C(N)O. The average Bonchev–Trinajstić information content (AvgIpc) is 2.16. The second-order valence-electron chi connectivity index (χ2n) is 3.22. The van der Waals surface area contributed by atoms with Crippen molar-refractivity contribution in [2.75, 3.05) is 13.1 Å². The van der Waals surface area contributed by atoms with Gasteiger partial charge in [-0.25, -0.2) is 0 Å². The molecule has 0 rings (SSSR count). The highest BCUT2D eigenvalue weighted by molar-refractivity contribution is 5.75. The van der Waals surface area contributed by atoms with Gasteiger partial charge in [-0.05, 0) is 13.0 Å². The van der Waals surface area contributed by atoms with Crippen LogP contribution in [0.3, 0.4) is 0 Å². The summed E-state index contributed by atoms with van der Waals surface area (Å²) in [5.41, 5.74) is 5.32. The third-order valence-corrected chi connectivity index (χ3v) is 1.87. The van der Waals surface area contributed by atoms with Crippen molar-refractivity contribution in [2.45, 2.75) is 39.0 Å². The van der Waals surface area contributed by atoms with Gasteiger partial charge < -0.3 is 21.5 Å². The maximum atomic E-state index is 11.1. The molecule has 0 saturated carbocycles. The molecule has 0 spiro atoms. The number of carbonyl (C=O) groups is 1. The molecule has 14 heavy (non-hydrogen) atoms. The first-order valence-electron chi connectivity index (χ1n) is 5.05. The zero-order valence-corrected chi connectivity index (χ0v) is 8.92. The van der Waals surface area contributed by atoms with E-state index < -0.39 is 12.3 Å². The van der Waals surface area contributed by atoms with Gasteiger partial charge >= 0.3 is 0 Å². The molecular weight excluding hydrogens is 182 g/mol. The maximum Gasteiger partial charge on any atom is 0.220 e. The normalized spacial score (nSPS) is 14.9. The minimum Gasteiger partial charge on any atom is -0.377 e. The van der Waals surface area contributed by atoms with Crippen molar-refractivity contribution in [1.29, 1.82) is 0 Å². The number of rotatable bonds is 7. The van der Waals surface area contributed by atoms with Crippen LogP contribution in [0, 0.1) is 0 Å². The molecule has 0 aromatic heterocycles. The second-order valence-corrected chi connectivity index (χ2v) is 3.22. The Kier molecular flexibility index (Phi) is 7.37. The van der Waals surface area contributed by atoms with Crippen LogP contribution < -0.4 is 16.4 Å². The van der Waals surface area contributed by atoms with Gasteiger partial charge in [0.1, 0.15) is 6.23 Å². The van der Waals surface area contributed by atoms with Crippen molar-refractivity contribution in [3.63, 3.8) is 0 Å². The van der Waals surface area contributed by atoms with Crippen molar-refractivity contribution >= 4 is 5.91 Å². The molecule has 84 valence electrons. The topological polar surface area (TPSA) is 87.4 Å². The van der Waals surface area contributed by atoms with Crippen LogP contribution in [0.4, 0.5) is 0 Å². The van der Waals surface area contributed by atoms with Crippen LogP contribution in [-0.4, -0.2) is 36.4 Å². The molecule has 2 atom stereocenters. The zero-order valence-electron chi connectivity index (χ0n) is 8.92. The van der Waals surface area contributed by atoms with E-state index in [-0.39, 0.29) is 5.91 Å². The highest BCUT2D eigenvalue weighted by atomic mass is 16.3. The number of aliphatic hydroxyl groups is 1. The Balaban J connectivity index is 3.83. The van der Waals surface area contributed by atoms with E-state index in [1.54, 1.807) is 6.92 Å². The Morgan fingerprint density at radius 2 is 2.14 bits per heavy atom. The number of hydrogen-bond donors (Lipinski definition) is 4. The predicted octanol–water partition coefficient (Wildman–Crippen LogP) is -0.842. The number of aliphatic hydroxyl groups excluding tert-OH is 1. The van der Waals surface area contributed by atoms with Gasteiger partial charge in [0.05, 0.1) is 6.04 Å². The van der Waals surface area contributed by atoms with Crippen LogP contribution in [0.15, 0.2) is 0 Å². The predicted molar refractivity (Wildman–Crippen MR) is 55.6 cm³/mol. The van der Waals surface area contributed by atoms with Gasteiger partial charge in [0.15, 0.2) is 0 Å². The average molecular weight is 203 g/mol. The first-order chi connectivity index (χ1) is 6.61. The molecule has 2 unspecified atom stereocenters. The lowest BCUT2D eigenvalue weighted by molar-refractivity contribution is -0.122. The van der Waals surface area contributed by atoms with Crippen LogP contribution in [0.25, 0.3) is 0 Å². The third kappa shape index (κ3) is 5.90. The smallest absolute Gasteiger partial charge is 0.220 e. The summed E-state index contributed by atoms with van der Waals surface area (Å²) in [4.78, 5) is 11.1. The van der Waals surface area contributed by atoms with E-state index >= 15 is 0 Å². The molecule has 0 aromatic rings. The summed E-state index contributed by atoms with van der Waals surface area (Å²) in [5, 5.41) is 14.9. The first kappa shape index (κ1) is 13.4. The Morgan fingerprint density at radius 3 is 2.57 bits per heavy atom. The third-order valence-electron chi connectivity index (χ3n) is 1.87. The fourth-order valence-electron chi connectivity index (χ4n) is 1.00. The molecule has 5 heteroatoms. The van der Waals surface area contributed by atoms with E-state index in [0.717, 1.165) is 13.0 Å². The summed E-state index contributed by atoms with van der Waals surface area (Å²) in [5.74, 6) is -0.0993. The van der Waals surface area contributed by atoms with Crippen LogP contribution >= 0.6 is 0 Å². The van der Waals surface area contributed by atoms with E-state index in [2.05, 4.69) is 10.6 Å². The van der Waals surface area contributed by atoms with Crippen molar-refractivity contribution in [1.82, 2.24) is 10.6 Å². The van der Waals surface area contributed by atoms with Gasteiger partial charge in [0, 0.05) is 13.0 Å². The Labute approximate surface area is 85.1 Å². The highest BCUT2D eigenvalue weighted by Gasteiger charge is 2.16. The van der Waals surface area contributed by atoms with Gasteiger partial charge in [-0.2, -0.15) is 0 Å². The highest BCUT2D eigenvalue weighted by Crippen LogP contribution is 1.88. The summed E-state index contributed by atoms with van der Waals surface area (Å²) >= 11 is 0. The van der Waals surface area contributed by atoms with Crippen LogP contribution in [0.2, 0.25) is 0 Å². The van der Waals surface area contributed by atoms with Crippen LogP contribution in [0.1, 0.15) is 26.7 Å². The molecule has 5 nitrogen and oxygen atoms in total. The summed E-state index contributed by atoms with van der Waals surface area (Å²) in [6, 6.07) is -0.408. The van der Waals surface area contributed by atoms with Gasteiger partial charge in [0.2, 0.25) is 5.91 Å². The molecule has 0 heterocycles. The van der Waals surface area contributed by atoms with E-state index in [1.165, 1.54) is 0 Å². The Morgan fingerprint density at radius 1 is 1.50 bits per heavy atom. The van der Waals surface area contributed by atoms with Gasteiger partial charge in [0.25, 0.3) is 0 Å². The first-order valence-corrected chi connectivity index (χ1v) is 5.05. The molecule has 1 amide bonds. The Bertz CT molecular complexity index is 162. The van der Waals surface area contributed by atoms with Crippen molar-refractivity contribution in [3.05, 3.63) is 0 Å². The summed E-state index contributed by atoms with van der Waals surface area (Å²) in [7, 11) is 0. The monoisotopic (exact) mass is 203 g/mol. The molecule has 0 saturated heterocycles. The van der Waals surface area contributed by atoms with Crippen molar-refractivity contribution < 1.29 is 9.90 Å². The number of nitrogens with two attached hydrogens (primary N) is 1. The molecule has 0 aliphatic heterocycles. The zero-order chi connectivity index (χ0) is 11.0. The number of carbonyl (C=O) groups excluding carboxylic acids is 1. The van der Waals surface area contributed by atoms with Gasteiger partial charge in [-0.3, -0.25) is 4.79 Å². The lowest BCUT2D eigenvalue weighted by atomic mass is 10.2.